The predicted molar refractivity (Wildman–Crippen MR) is 114 cm³/mol. The highest BCUT2D eigenvalue weighted by atomic mass is 35.5. The summed E-state index contributed by atoms with van der Waals surface area (Å²) < 4.78 is 6.18. The number of nitrogens with zero attached hydrogens (tertiary/aromatic N) is 1. The fourth-order valence-corrected chi connectivity index (χ4v) is 4.43. The number of hydrogen-bond acceptors (Lipinski definition) is 5. The molecular weight excluding hydrogens is 372 g/mol. The summed E-state index contributed by atoms with van der Waals surface area (Å²) in [7, 11) is 0. The van der Waals surface area contributed by atoms with Gasteiger partial charge in [-0.15, -0.1) is 0 Å². The second-order valence-electron chi connectivity index (χ2n) is 8.05. The van der Waals surface area contributed by atoms with E-state index in [9.17, 15) is 0 Å². The summed E-state index contributed by atoms with van der Waals surface area (Å²) in [6, 6.07) is 12.8. The van der Waals surface area contributed by atoms with Gasteiger partial charge in [0, 0.05) is 48.2 Å². The fraction of sp³-hybridized carbons (Fsp3) is 0.500. The minimum atomic E-state index is 0.230. The predicted octanol–water partition coefficient (Wildman–Crippen LogP) is 2.92. The Kier molecular flexibility index (Phi) is 6.16. The summed E-state index contributed by atoms with van der Waals surface area (Å²) in [4.78, 5) is 4.48. The van der Waals surface area contributed by atoms with Crippen LogP contribution in [0.4, 0.5) is 5.82 Å². The van der Waals surface area contributed by atoms with Crippen LogP contribution in [0.25, 0.3) is 0 Å². The first kappa shape index (κ1) is 19.6. The molecule has 1 aliphatic heterocycles. The standard InChI is InChI=1S/C22H29ClN4O/c1-14-7-18(27-22(24)8-14)10-16-12-25-13-21(16)28-6-5-26-20-11-19(20)15-3-2-4-17(23)9-15/h2-4,7-9,16,19-21,25-26H,5-6,10-13H2,1H3,(H2,24,27)/t16-,19+,20-,21+/m1/s1. The molecule has 2 fully saturated rings. The lowest BCUT2D eigenvalue weighted by Gasteiger charge is -2.19. The highest BCUT2D eigenvalue weighted by molar-refractivity contribution is 6.30. The van der Waals surface area contributed by atoms with Gasteiger partial charge in [0.1, 0.15) is 5.82 Å². The number of aryl methyl sites for hydroxylation is 1. The first-order valence-electron chi connectivity index (χ1n) is 10.1. The van der Waals surface area contributed by atoms with Crippen LogP contribution in [0.1, 0.15) is 29.2 Å². The molecule has 4 N–H and O–H groups in total. The third kappa shape index (κ3) is 5.03. The molecule has 6 heteroatoms. The van der Waals surface area contributed by atoms with Gasteiger partial charge in [0.25, 0.3) is 0 Å². The lowest BCUT2D eigenvalue weighted by atomic mass is 9.99. The summed E-state index contributed by atoms with van der Waals surface area (Å²) in [6.07, 6.45) is 2.30. The highest BCUT2D eigenvalue weighted by Crippen LogP contribution is 2.41. The molecule has 0 unspecified atom stereocenters. The van der Waals surface area contributed by atoms with Crippen molar-refractivity contribution in [3.05, 3.63) is 58.2 Å². The summed E-state index contributed by atoms with van der Waals surface area (Å²) in [6.45, 7) is 5.53. The molecule has 1 aromatic heterocycles. The summed E-state index contributed by atoms with van der Waals surface area (Å²) in [5.41, 5.74) is 9.43. The Morgan fingerprint density at radius 1 is 1.29 bits per heavy atom. The molecule has 4 atom stereocenters. The maximum atomic E-state index is 6.18. The molecule has 0 radical (unpaired) electrons. The molecule has 2 heterocycles. The van der Waals surface area contributed by atoms with Gasteiger partial charge in [-0.2, -0.15) is 0 Å². The number of aromatic nitrogens is 1. The zero-order valence-corrected chi connectivity index (χ0v) is 17.1. The van der Waals surface area contributed by atoms with Crippen LogP contribution in [-0.2, 0) is 11.2 Å². The van der Waals surface area contributed by atoms with E-state index in [1.165, 1.54) is 12.0 Å². The minimum absolute atomic E-state index is 0.230. The first-order chi connectivity index (χ1) is 13.6. The second kappa shape index (κ2) is 8.78. The van der Waals surface area contributed by atoms with Crippen molar-refractivity contribution in [3.63, 3.8) is 0 Å². The number of halogens is 1. The van der Waals surface area contributed by atoms with Crippen molar-refractivity contribution in [2.45, 2.75) is 37.8 Å². The van der Waals surface area contributed by atoms with E-state index in [2.05, 4.69) is 40.7 Å². The van der Waals surface area contributed by atoms with Crippen LogP contribution in [0.15, 0.2) is 36.4 Å². The molecule has 1 saturated carbocycles. The molecule has 1 aliphatic carbocycles. The quantitative estimate of drug-likeness (QED) is 0.594. The molecular formula is C22H29ClN4O. The smallest absolute Gasteiger partial charge is 0.123 e. The first-order valence-corrected chi connectivity index (χ1v) is 10.5. The van der Waals surface area contributed by atoms with Crippen molar-refractivity contribution >= 4 is 17.4 Å². The van der Waals surface area contributed by atoms with E-state index in [4.69, 9.17) is 22.1 Å². The van der Waals surface area contributed by atoms with Gasteiger partial charge in [-0.3, -0.25) is 0 Å². The van der Waals surface area contributed by atoms with Crippen molar-refractivity contribution in [2.24, 2.45) is 5.92 Å². The summed E-state index contributed by atoms with van der Waals surface area (Å²) >= 11 is 6.10. The van der Waals surface area contributed by atoms with Crippen LogP contribution >= 0.6 is 11.6 Å². The van der Waals surface area contributed by atoms with Crippen LogP contribution in [0.5, 0.6) is 0 Å². The lowest BCUT2D eigenvalue weighted by Crippen LogP contribution is -2.30. The number of anilines is 1. The van der Waals surface area contributed by atoms with Gasteiger partial charge in [0.05, 0.1) is 12.7 Å². The van der Waals surface area contributed by atoms with E-state index in [0.29, 0.717) is 23.7 Å². The number of nitrogen functional groups attached to an aromatic ring is 1. The Morgan fingerprint density at radius 2 is 2.18 bits per heavy atom. The molecule has 5 nitrogen and oxygen atoms in total. The molecule has 0 amide bonds. The van der Waals surface area contributed by atoms with Crippen LogP contribution in [-0.4, -0.2) is 43.4 Å². The van der Waals surface area contributed by atoms with E-state index in [1.54, 1.807) is 0 Å². The van der Waals surface area contributed by atoms with E-state index in [-0.39, 0.29) is 6.10 Å². The van der Waals surface area contributed by atoms with Gasteiger partial charge in [-0.1, -0.05) is 23.7 Å². The number of hydrogen-bond donors (Lipinski definition) is 3. The Balaban J connectivity index is 1.20. The molecule has 4 rings (SSSR count). The number of nitrogens with one attached hydrogen (secondary N) is 2. The van der Waals surface area contributed by atoms with Crippen LogP contribution in [0.2, 0.25) is 5.02 Å². The number of nitrogens with two attached hydrogens (primary N) is 1. The number of rotatable bonds is 8. The van der Waals surface area contributed by atoms with Gasteiger partial charge >= 0.3 is 0 Å². The van der Waals surface area contributed by atoms with Crippen LogP contribution in [0, 0.1) is 12.8 Å². The summed E-state index contributed by atoms with van der Waals surface area (Å²) in [5, 5.41) is 7.88. The molecule has 0 bridgehead atoms. The molecule has 1 aromatic carbocycles. The van der Waals surface area contributed by atoms with E-state index in [0.717, 1.165) is 48.9 Å². The van der Waals surface area contributed by atoms with E-state index >= 15 is 0 Å². The van der Waals surface area contributed by atoms with Gasteiger partial charge in [-0.05, 0) is 55.2 Å². The number of ether oxygens (including phenoxy) is 1. The van der Waals surface area contributed by atoms with Gasteiger partial charge in [-0.25, -0.2) is 4.98 Å². The average Bonchev–Trinajstić information content (AvgIpc) is 3.29. The topological polar surface area (TPSA) is 72.2 Å². The van der Waals surface area contributed by atoms with Crippen molar-refractivity contribution in [3.8, 4) is 0 Å². The molecule has 2 aliphatic rings. The monoisotopic (exact) mass is 400 g/mol. The Labute approximate surface area is 172 Å². The highest BCUT2D eigenvalue weighted by Gasteiger charge is 2.37. The maximum Gasteiger partial charge on any atom is 0.123 e. The third-order valence-electron chi connectivity index (χ3n) is 5.70. The fourth-order valence-electron chi connectivity index (χ4n) is 4.23. The van der Waals surface area contributed by atoms with Crippen molar-refractivity contribution in [2.75, 3.05) is 32.0 Å². The number of pyridine rings is 1. The largest absolute Gasteiger partial charge is 0.384 e. The normalized spacial score (nSPS) is 26.5. The number of benzene rings is 1. The minimum Gasteiger partial charge on any atom is -0.384 e. The SMILES string of the molecule is Cc1cc(N)nc(C[C@@H]2CNC[C@@H]2OCCN[C@@H]2C[C@H]2c2cccc(Cl)c2)c1. The second-order valence-corrected chi connectivity index (χ2v) is 8.49. The molecule has 150 valence electrons. The lowest BCUT2D eigenvalue weighted by molar-refractivity contribution is 0.0394. The van der Waals surface area contributed by atoms with E-state index < -0.39 is 0 Å². The van der Waals surface area contributed by atoms with Crippen molar-refractivity contribution < 1.29 is 4.74 Å². The average molecular weight is 401 g/mol. The van der Waals surface area contributed by atoms with Crippen molar-refractivity contribution in [1.29, 1.82) is 0 Å². The van der Waals surface area contributed by atoms with Crippen LogP contribution in [0.3, 0.4) is 0 Å². The molecule has 1 saturated heterocycles. The maximum absolute atomic E-state index is 6.18. The van der Waals surface area contributed by atoms with Crippen LogP contribution < -0.4 is 16.4 Å². The van der Waals surface area contributed by atoms with Gasteiger partial charge in [0.15, 0.2) is 0 Å². The summed E-state index contributed by atoms with van der Waals surface area (Å²) in [5.74, 6) is 1.62. The Morgan fingerprint density at radius 3 is 3.00 bits per heavy atom. The molecule has 2 aromatic rings. The third-order valence-corrected chi connectivity index (χ3v) is 5.93. The molecule has 28 heavy (non-hydrogen) atoms. The zero-order chi connectivity index (χ0) is 19.5. The van der Waals surface area contributed by atoms with Gasteiger partial charge < -0.3 is 21.1 Å². The Bertz CT molecular complexity index is 795. The van der Waals surface area contributed by atoms with E-state index in [1.807, 2.05) is 18.2 Å². The zero-order valence-electron chi connectivity index (χ0n) is 16.3. The molecule has 0 spiro atoms. The van der Waals surface area contributed by atoms with Crippen molar-refractivity contribution in [1.82, 2.24) is 15.6 Å². The Hall–Kier alpha value is -1.66. The van der Waals surface area contributed by atoms with Gasteiger partial charge in [0.2, 0.25) is 0 Å².